The van der Waals surface area contributed by atoms with Gasteiger partial charge in [0.05, 0.1) is 16.3 Å². The van der Waals surface area contributed by atoms with E-state index >= 15 is 0 Å². The number of nitrogens with one attached hydrogen (secondary N) is 2. The van der Waals surface area contributed by atoms with Crippen molar-refractivity contribution in [1.29, 1.82) is 10.7 Å². The van der Waals surface area contributed by atoms with Gasteiger partial charge in [-0.3, -0.25) is 0 Å². The van der Waals surface area contributed by atoms with E-state index < -0.39 is 0 Å². The van der Waals surface area contributed by atoms with E-state index in [1.807, 2.05) is 18.2 Å². The molecule has 5 heteroatoms. The van der Waals surface area contributed by atoms with Gasteiger partial charge in [-0.05, 0) is 34.8 Å². The molecule has 98 valence electrons. The Morgan fingerprint density at radius 2 is 2.32 bits per heavy atom. The smallest absolute Gasteiger partial charge is 0.138 e. The number of allylic oxidation sites excluding steroid dienone is 1. The number of hydrogen-bond donors (Lipinski definition) is 2. The molecule has 1 aromatic rings. The van der Waals surface area contributed by atoms with Crippen molar-refractivity contribution in [1.82, 2.24) is 5.32 Å². The monoisotopic (exact) mass is 319 g/mol. The van der Waals surface area contributed by atoms with Crippen molar-refractivity contribution < 1.29 is 4.74 Å². The van der Waals surface area contributed by atoms with Crippen LogP contribution in [0.4, 0.5) is 0 Å². The molecule has 0 aliphatic heterocycles. The number of hydrogen-bond acceptors (Lipinski definition) is 4. The van der Waals surface area contributed by atoms with Gasteiger partial charge in [0, 0.05) is 18.8 Å². The lowest BCUT2D eigenvalue weighted by Crippen LogP contribution is -2.09. The lowest BCUT2D eigenvalue weighted by atomic mass is 10.0. The third-order valence-electron chi connectivity index (χ3n) is 2.84. The van der Waals surface area contributed by atoms with Crippen LogP contribution in [0.1, 0.15) is 24.0 Å². The lowest BCUT2D eigenvalue weighted by molar-refractivity contribution is 0.302. The van der Waals surface area contributed by atoms with Crippen molar-refractivity contribution in [3.05, 3.63) is 33.8 Å². The molecular weight excluding hydrogens is 306 g/mol. The second kappa shape index (κ2) is 5.89. The van der Waals surface area contributed by atoms with Gasteiger partial charge in [-0.25, -0.2) is 0 Å². The molecule has 0 amide bonds. The second-order valence-electron chi connectivity index (χ2n) is 4.22. The van der Waals surface area contributed by atoms with Gasteiger partial charge >= 0.3 is 0 Å². The summed E-state index contributed by atoms with van der Waals surface area (Å²) in [6.07, 6.45) is 3.54. The zero-order valence-corrected chi connectivity index (χ0v) is 12.1. The number of benzene rings is 1. The van der Waals surface area contributed by atoms with Crippen LogP contribution >= 0.6 is 15.9 Å². The predicted molar refractivity (Wildman–Crippen MR) is 78.5 cm³/mol. The SMILES string of the molecule is CN/C(=C(/Br)C=N)c1cccc(OC2CC2)c1C#N. The molecule has 2 N–H and O–H groups in total. The Labute approximate surface area is 120 Å². The van der Waals surface area contributed by atoms with Gasteiger partial charge in [0.1, 0.15) is 17.4 Å². The number of nitrogens with zero attached hydrogens (tertiary/aromatic N) is 1. The summed E-state index contributed by atoms with van der Waals surface area (Å²) in [6, 6.07) is 7.71. The molecule has 1 fully saturated rings. The van der Waals surface area contributed by atoms with Crippen LogP contribution in [0.2, 0.25) is 0 Å². The Bertz CT molecular complexity index is 571. The Kier molecular flexibility index (Phi) is 4.23. The Balaban J connectivity index is 2.50. The zero-order valence-electron chi connectivity index (χ0n) is 10.5. The molecule has 1 saturated carbocycles. The van der Waals surface area contributed by atoms with Crippen LogP contribution < -0.4 is 10.1 Å². The molecule has 0 bridgehead atoms. The zero-order chi connectivity index (χ0) is 13.8. The van der Waals surface area contributed by atoms with E-state index in [9.17, 15) is 5.26 Å². The first-order valence-electron chi connectivity index (χ1n) is 5.99. The highest BCUT2D eigenvalue weighted by Gasteiger charge is 2.25. The summed E-state index contributed by atoms with van der Waals surface area (Å²) < 4.78 is 6.34. The van der Waals surface area contributed by atoms with Crippen LogP contribution in [-0.4, -0.2) is 19.4 Å². The average molecular weight is 320 g/mol. The fourth-order valence-electron chi connectivity index (χ4n) is 1.77. The van der Waals surface area contributed by atoms with Crippen LogP contribution in [0.15, 0.2) is 22.7 Å². The van der Waals surface area contributed by atoms with Crippen molar-refractivity contribution in [2.75, 3.05) is 7.05 Å². The van der Waals surface area contributed by atoms with Crippen molar-refractivity contribution in [3.63, 3.8) is 0 Å². The van der Waals surface area contributed by atoms with Gasteiger partial charge < -0.3 is 15.5 Å². The van der Waals surface area contributed by atoms with Gasteiger partial charge in [0.25, 0.3) is 0 Å². The first-order valence-corrected chi connectivity index (χ1v) is 6.78. The molecule has 2 rings (SSSR count). The van der Waals surface area contributed by atoms with Gasteiger partial charge in [-0.1, -0.05) is 12.1 Å². The molecular formula is C14H14BrN3O. The van der Waals surface area contributed by atoms with E-state index in [2.05, 4.69) is 27.3 Å². The molecule has 1 aliphatic carbocycles. The normalized spacial score (nSPS) is 15.2. The maximum absolute atomic E-state index is 9.38. The van der Waals surface area contributed by atoms with Crippen LogP contribution in [0.3, 0.4) is 0 Å². The van der Waals surface area contributed by atoms with Gasteiger partial charge in [-0.2, -0.15) is 5.26 Å². The summed E-state index contributed by atoms with van der Waals surface area (Å²) in [5.74, 6) is 0.612. The van der Waals surface area contributed by atoms with E-state index in [0.29, 0.717) is 21.5 Å². The topological polar surface area (TPSA) is 68.9 Å². The molecule has 0 spiro atoms. The van der Waals surface area contributed by atoms with Crippen molar-refractivity contribution in [2.45, 2.75) is 18.9 Å². The minimum absolute atomic E-state index is 0.246. The Morgan fingerprint density at radius 1 is 1.58 bits per heavy atom. The molecule has 0 radical (unpaired) electrons. The molecule has 0 heterocycles. The van der Waals surface area contributed by atoms with E-state index in [0.717, 1.165) is 18.4 Å². The summed E-state index contributed by atoms with van der Waals surface area (Å²) in [6.45, 7) is 0. The summed E-state index contributed by atoms with van der Waals surface area (Å²) in [5, 5.41) is 19.7. The number of rotatable bonds is 5. The first kappa shape index (κ1) is 13.6. The number of halogens is 1. The predicted octanol–water partition coefficient (Wildman–Crippen LogP) is 3.03. The maximum atomic E-state index is 9.38. The van der Waals surface area contributed by atoms with Crippen LogP contribution in [0, 0.1) is 16.7 Å². The average Bonchev–Trinajstić information content (AvgIpc) is 3.23. The quantitative estimate of drug-likeness (QED) is 0.819. The fraction of sp³-hybridized carbons (Fsp3) is 0.286. The van der Waals surface area contributed by atoms with Crippen LogP contribution in [0.25, 0.3) is 5.70 Å². The minimum atomic E-state index is 0.246. The Morgan fingerprint density at radius 3 is 2.84 bits per heavy atom. The van der Waals surface area contributed by atoms with Gasteiger partial charge in [0.2, 0.25) is 0 Å². The van der Waals surface area contributed by atoms with E-state index in [-0.39, 0.29) is 6.10 Å². The van der Waals surface area contributed by atoms with E-state index in [4.69, 9.17) is 10.1 Å². The molecule has 0 unspecified atom stereocenters. The molecule has 4 nitrogen and oxygen atoms in total. The molecule has 0 atom stereocenters. The van der Waals surface area contributed by atoms with Crippen molar-refractivity contribution in [3.8, 4) is 11.8 Å². The third-order valence-corrected chi connectivity index (χ3v) is 3.47. The van der Waals surface area contributed by atoms with Crippen molar-refractivity contribution >= 4 is 27.8 Å². The highest BCUT2D eigenvalue weighted by atomic mass is 79.9. The molecule has 1 aromatic carbocycles. The van der Waals surface area contributed by atoms with Crippen LogP contribution in [-0.2, 0) is 0 Å². The number of nitriles is 1. The molecule has 0 saturated heterocycles. The largest absolute Gasteiger partial charge is 0.489 e. The molecule has 0 aromatic heterocycles. The summed E-state index contributed by atoms with van der Waals surface area (Å²) in [4.78, 5) is 0. The van der Waals surface area contributed by atoms with E-state index in [1.54, 1.807) is 7.05 Å². The first-order chi connectivity index (χ1) is 9.21. The fourth-order valence-corrected chi connectivity index (χ4v) is 2.19. The van der Waals surface area contributed by atoms with Crippen molar-refractivity contribution in [2.24, 2.45) is 0 Å². The minimum Gasteiger partial charge on any atom is -0.489 e. The standard InChI is InChI=1S/C14H14BrN3O/c1-18-14(12(15)8-17)10-3-2-4-13(11(10)7-16)19-9-5-6-9/h2-4,8-9,17-18H,5-6H2,1H3/b14-12+,17-8?. The lowest BCUT2D eigenvalue weighted by Gasteiger charge is -2.13. The third kappa shape index (κ3) is 2.96. The molecule has 19 heavy (non-hydrogen) atoms. The summed E-state index contributed by atoms with van der Waals surface area (Å²) in [7, 11) is 1.76. The molecule has 1 aliphatic rings. The highest BCUT2D eigenvalue weighted by molar-refractivity contribution is 9.12. The number of ether oxygens (including phenoxy) is 1. The Hall–Kier alpha value is -1.80. The maximum Gasteiger partial charge on any atom is 0.138 e. The summed E-state index contributed by atoms with van der Waals surface area (Å²) in [5.41, 5.74) is 1.93. The highest BCUT2D eigenvalue weighted by Crippen LogP contribution is 2.33. The van der Waals surface area contributed by atoms with Gasteiger partial charge in [0.15, 0.2) is 0 Å². The van der Waals surface area contributed by atoms with Crippen LogP contribution in [0.5, 0.6) is 5.75 Å². The summed E-state index contributed by atoms with van der Waals surface area (Å²) >= 11 is 3.32. The van der Waals surface area contributed by atoms with Gasteiger partial charge in [-0.15, -0.1) is 0 Å². The van der Waals surface area contributed by atoms with E-state index in [1.165, 1.54) is 6.21 Å². The second-order valence-corrected chi connectivity index (χ2v) is 5.08.